The van der Waals surface area contributed by atoms with Crippen LogP contribution in [0, 0.1) is 0 Å². The molecule has 0 radical (unpaired) electrons. The normalized spacial score (nSPS) is 18.1. The molecule has 0 bridgehead atoms. The summed E-state index contributed by atoms with van der Waals surface area (Å²) in [6.45, 7) is 1.88. The Hall–Kier alpha value is -1.16. The van der Waals surface area contributed by atoms with Crippen molar-refractivity contribution in [2.75, 3.05) is 5.43 Å². The van der Waals surface area contributed by atoms with Crippen LogP contribution in [0.25, 0.3) is 4.96 Å². The quantitative estimate of drug-likeness (QED) is 0.562. The van der Waals surface area contributed by atoms with Gasteiger partial charge in [-0.15, -0.1) is 11.3 Å². The lowest BCUT2D eigenvalue weighted by molar-refractivity contribution is 0.554. The molecule has 0 unspecified atom stereocenters. The van der Waals surface area contributed by atoms with Crippen molar-refractivity contribution in [1.82, 2.24) is 14.1 Å². The van der Waals surface area contributed by atoms with Gasteiger partial charge in [0.05, 0.1) is 0 Å². The van der Waals surface area contributed by atoms with E-state index in [0.29, 0.717) is 4.96 Å². The van der Waals surface area contributed by atoms with Crippen LogP contribution in [0.5, 0.6) is 0 Å². The van der Waals surface area contributed by atoms with Crippen molar-refractivity contribution in [3.63, 3.8) is 0 Å². The van der Waals surface area contributed by atoms with Gasteiger partial charge in [0.1, 0.15) is 0 Å². The molecule has 0 saturated heterocycles. The van der Waals surface area contributed by atoms with E-state index in [1.807, 2.05) is 6.92 Å². The second kappa shape index (κ2) is 3.67. The molecule has 7 nitrogen and oxygen atoms in total. The van der Waals surface area contributed by atoms with E-state index in [1.165, 1.54) is 15.7 Å². The van der Waals surface area contributed by atoms with E-state index >= 15 is 0 Å². The molecule has 3 rings (SSSR count). The van der Waals surface area contributed by atoms with Crippen LogP contribution < -0.4 is 16.0 Å². The average Bonchev–Trinajstić information content (AvgIpc) is 2.75. The zero-order valence-corrected chi connectivity index (χ0v) is 11.3. The number of rotatable bonds is 4. The molecule has 18 heavy (non-hydrogen) atoms. The van der Waals surface area contributed by atoms with Crippen molar-refractivity contribution in [1.29, 1.82) is 0 Å². The number of aromatic nitrogens is 2. The maximum Gasteiger partial charge on any atom is 0.260 e. The van der Waals surface area contributed by atoms with Crippen LogP contribution in [0.4, 0.5) is 5.82 Å². The summed E-state index contributed by atoms with van der Waals surface area (Å²) in [6.07, 6.45) is 3.37. The lowest BCUT2D eigenvalue weighted by atomic mass is 10.4. The second-order valence-corrected chi connectivity index (χ2v) is 7.10. The van der Waals surface area contributed by atoms with Gasteiger partial charge in [0.2, 0.25) is 5.03 Å². The van der Waals surface area contributed by atoms with Crippen molar-refractivity contribution in [2.45, 2.75) is 30.3 Å². The van der Waals surface area contributed by atoms with Gasteiger partial charge >= 0.3 is 0 Å². The number of nitrogen functional groups attached to an aromatic ring is 1. The Labute approximate surface area is 108 Å². The molecule has 0 amide bonds. The number of hydrogen-bond donors (Lipinski definition) is 3. The zero-order chi connectivity index (χ0) is 13.0. The van der Waals surface area contributed by atoms with Gasteiger partial charge in [-0.05, 0) is 19.8 Å². The van der Waals surface area contributed by atoms with Gasteiger partial charge in [0, 0.05) is 17.1 Å². The van der Waals surface area contributed by atoms with Crippen molar-refractivity contribution >= 4 is 32.1 Å². The molecule has 2 aromatic rings. The smallest absolute Gasteiger partial charge is 0.260 e. The molecule has 4 N–H and O–H groups in total. The lowest BCUT2D eigenvalue weighted by Crippen LogP contribution is -2.35. The first-order valence-electron chi connectivity index (χ1n) is 5.41. The van der Waals surface area contributed by atoms with Crippen LogP contribution in [0.2, 0.25) is 0 Å². The predicted octanol–water partition coefficient (Wildman–Crippen LogP) is 0.512. The summed E-state index contributed by atoms with van der Waals surface area (Å²) < 4.78 is 29.0. The van der Waals surface area contributed by atoms with E-state index in [4.69, 9.17) is 5.84 Å². The molecule has 2 aromatic heterocycles. The molecule has 1 aliphatic carbocycles. The molecule has 0 aromatic carbocycles. The summed E-state index contributed by atoms with van der Waals surface area (Å²) >= 11 is 1.35. The molecule has 1 aliphatic rings. The summed E-state index contributed by atoms with van der Waals surface area (Å²) in [4.78, 5) is 4.72. The third-order valence-corrected chi connectivity index (χ3v) is 5.41. The van der Waals surface area contributed by atoms with Crippen LogP contribution in [-0.4, -0.2) is 23.3 Å². The number of nitrogens with one attached hydrogen (secondary N) is 2. The molecule has 1 saturated carbocycles. The zero-order valence-electron chi connectivity index (χ0n) is 9.67. The van der Waals surface area contributed by atoms with E-state index in [0.717, 1.165) is 12.8 Å². The molecule has 0 aliphatic heterocycles. The second-order valence-electron chi connectivity index (χ2n) is 4.63. The standard InChI is InChI=1S/C9H13N5O2S2/c1-9(2-3-9)13-18(15,16)7-6(12-10)11-8-14(7)4-5-17-8/h4-5,12-13H,2-3,10H2,1H3. The van der Waals surface area contributed by atoms with Gasteiger partial charge < -0.3 is 5.43 Å². The van der Waals surface area contributed by atoms with Crippen molar-refractivity contribution in [3.05, 3.63) is 11.6 Å². The van der Waals surface area contributed by atoms with Crippen LogP contribution in [0.15, 0.2) is 16.6 Å². The Morgan fingerprint density at radius 3 is 2.89 bits per heavy atom. The highest BCUT2D eigenvalue weighted by Crippen LogP contribution is 2.37. The molecule has 9 heteroatoms. The van der Waals surface area contributed by atoms with Gasteiger partial charge in [-0.3, -0.25) is 4.40 Å². The first-order chi connectivity index (χ1) is 8.45. The topological polar surface area (TPSA) is 102 Å². The third-order valence-electron chi connectivity index (χ3n) is 2.99. The highest BCUT2D eigenvalue weighted by atomic mass is 32.2. The highest BCUT2D eigenvalue weighted by molar-refractivity contribution is 7.89. The highest BCUT2D eigenvalue weighted by Gasteiger charge is 2.42. The summed E-state index contributed by atoms with van der Waals surface area (Å²) in [7, 11) is -3.64. The van der Waals surface area contributed by atoms with E-state index < -0.39 is 10.0 Å². The Kier molecular flexibility index (Phi) is 2.43. The van der Waals surface area contributed by atoms with Crippen LogP contribution >= 0.6 is 11.3 Å². The van der Waals surface area contributed by atoms with Gasteiger partial charge in [0.15, 0.2) is 10.8 Å². The molecule has 2 heterocycles. The van der Waals surface area contributed by atoms with E-state index in [9.17, 15) is 8.42 Å². The number of thiazole rings is 1. The lowest BCUT2D eigenvalue weighted by Gasteiger charge is -2.12. The van der Waals surface area contributed by atoms with Gasteiger partial charge in [-0.2, -0.15) is 4.98 Å². The first kappa shape index (κ1) is 11.9. The predicted molar refractivity (Wildman–Crippen MR) is 68.8 cm³/mol. The Morgan fingerprint density at radius 1 is 1.56 bits per heavy atom. The maximum atomic E-state index is 12.4. The van der Waals surface area contributed by atoms with Gasteiger partial charge in [-0.1, -0.05) is 0 Å². The fourth-order valence-corrected chi connectivity index (χ4v) is 4.26. The van der Waals surface area contributed by atoms with Crippen LogP contribution in [-0.2, 0) is 10.0 Å². The molecule has 0 atom stereocenters. The average molecular weight is 287 g/mol. The summed E-state index contributed by atoms with van der Waals surface area (Å²) in [5, 5.41) is 1.84. The Bertz CT molecular complexity index is 698. The molecule has 98 valence electrons. The Morgan fingerprint density at radius 2 is 2.28 bits per heavy atom. The maximum absolute atomic E-state index is 12.4. The van der Waals surface area contributed by atoms with E-state index in [-0.39, 0.29) is 16.4 Å². The summed E-state index contributed by atoms with van der Waals surface area (Å²) in [5.41, 5.74) is 2.01. The van der Waals surface area contributed by atoms with Gasteiger partial charge in [-0.25, -0.2) is 19.0 Å². The molecule has 1 fully saturated rings. The minimum absolute atomic E-state index is 0.0642. The first-order valence-corrected chi connectivity index (χ1v) is 7.78. The Balaban J connectivity index is 2.14. The number of nitrogens with zero attached hydrogens (tertiary/aromatic N) is 2. The van der Waals surface area contributed by atoms with E-state index in [2.05, 4.69) is 15.1 Å². The van der Waals surface area contributed by atoms with Crippen molar-refractivity contribution in [2.24, 2.45) is 5.84 Å². The number of anilines is 1. The summed E-state index contributed by atoms with van der Waals surface area (Å²) in [6, 6.07) is 0. The number of nitrogens with two attached hydrogens (primary N) is 1. The minimum atomic E-state index is -3.64. The minimum Gasteiger partial charge on any atom is -0.306 e. The number of fused-ring (bicyclic) bond motifs is 1. The summed E-state index contributed by atoms with van der Waals surface area (Å²) in [5.74, 6) is 5.50. The monoisotopic (exact) mass is 287 g/mol. The fourth-order valence-electron chi connectivity index (χ4n) is 1.78. The third kappa shape index (κ3) is 1.79. The SMILES string of the molecule is CC1(NS(=O)(=O)c2c(NN)nc3sccn23)CC1. The van der Waals surface area contributed by atoms with Crippen molar-refractivity contribution < 1.29 is 8.42 Å². The van der Waals surface area contributed by atoms with Crippen molar-refractivity contribution in [3.8, 4) is 0 Å². The molecule has 0 spiro atoms. The number of sulfonamides is 1. The van der Waals surface area contributed by atoms with Crippen LogP contribution in [0.3, 0.4) is 0 Å². The van der Waals surface area contributed by atoms with Gasteiger partial charge in [0.25, 0.3) is 10.0 Å². The molecular weight excluding hydrogens is 274 g/mol. The number of hydrazine groups is 1. The largest absolute Gasteiger partial charge is 0.306 e. The van der Waals surface area contributed by atoms with E-state index in [1.54, 1.807) is 11.6 Å². The number of imidazole rings is 1. The number of hydrogen-bond acceptors (Lipinski definition) is 6. The molecular formula is C9H13N5O2S2. The van der Waals surface area contributed by atoms with Crippen LogP contribution in [0.1, 0.15) is 19.8 Å². The fraction of sp³-hybridized carbons (Fsp3) is 0.444.